The van der Waals surface area contributed by atoms with Gasteiger partial charge in [0.05, 0.1) is 6.42 Å². The molecule has 1 N–H and O–H groups in total. The van der Waals surface area contributed by atoms with E-state index in [0.29, 0.717) is 6.54 Å². The van der Waals surface area contributed by atoms with Crippen LogP contribution in [0.5, 0.6) is 0 Å². The molecule has 0 aliphatic carbocycles. The average Bonchev–Trinajstić information content (AvgIpc) is 2.76. The maximum absolute atomic E-state index is 13.1. The van der Waals surface area contributed by atoms with Crippen LogP contribution in [0, 0.1) is 5.82 Å². The summed E-state index contributed by atoms with van der Waals surface area (Å²) in [6, 6.07) is 6.44. The van der Waals surface area contributed by atoms with Gasteiger partial charge in [-0.15, -0.1) is 0 Å². The van der Waals surface area contributed by atoms with Gasteiger partial charge in [-0.05, 0) is 31.5 Å². The minimum Gasteiger partial charge on any atom is -0.369 e. The van der Waals surface area contributed by atoms with Gasteiger partial charge in [0.25, 0.3) is 0 Å². The van der Waals surface area contributed by atoms with Gasteiger partial charge >= 0.3 is 0 Å². The second kappa shape index (κ2) is 5.82. The molecule has 0 saturated carbocycles. The highest BCUT2D eigenvalue weighted by atomic mass is 19.1. The summed E-state index contributed by atoms with van der Waals surface area (Å²) in [6.07, 6.45) is 0.733. The molecule has 5 heteroatoms. The zero-order valence-electron chi connectivity index (χ0n) is 10.9. The fourth-order valence-electron chi connectivity index (χ4n) is 2.29. The molecule has 1 aliphatic rings. The number of hydrogen-bond acceptors (Lipinski definition) is 3. The molecule has 4 nitrogen and oxygen atoms in total. The van der Waals surface area contributed by atoms with Crippen molar-refractivity contribution in [2.75, 3.05) is 18.0 Å². The molecule has 1 aromatic carbocycles. The molecule has 1 aromatic rings. The Morgan fingerprint density at radius 3 is 2.95 bits per heavy atom. The van der Waals surface area contributed by atoms with Crippen LogP contribution in [0.25, 0.3) is 0 Å². The van der Waals surface area contributed by atoms with Gasteiger partial charge in [-0.2, -0.15) is 0 Å². The molecular weight excluding hydrogens is 247 g/mol. The lowest BCUT2D eigenvalue weighted by Gasteiger charge is -2.19. The lowest BCUT2D eigenvalue weighted by Crippen LogP contribution is -2.37. The molecule has 0 aromatic heterocycles. The van der Waals surface area contributed by atoms with Gasteiger partial charge in [-0.25, -0.2) is 4.39 Å². The van der Waals surface area contributed by atoms with Crippen LogP contribution in [-0.2, 0) is 9.59 Å². The molecule has 1 aliphatic heterocycles. The summed E-state index contributed by atoms with van der Waals surface area (Å²) < 4.78 is 13.1. The number of amides is 1. The number of ketones is 1. The zero-order chi connectivity index (χ0) is 13.8. The quantitative estimate of drug-likeness (QED) is 0.838. The van der Waals surface area contributed by atoms with Crippen molar-refractivity contribution in [2.45, 2.75) is 25.8 Å². The number of hydrogen-bond donors (Lipinski definition) is 1. The number of Topliss-reactive ketones (excluding diaryl/α,β-unsaturated/α-hetero) is 1. The van der Waals surface area contributed by atoms with E-state index >= 15 is 0 Å². The minimum atomic E-state index is -0.262. The van der Waals surface area contributed by atoms with Crippen molar-refractivity contribution < 1.29 is 14.0 Å². The number of carbonyl (C=O) groups is 2. The van der Waals surface area contributed by atoms with Crippen molar-refractivity contribution in [3.63, 3.8) is 0 Å². The van der Waals surface area contributed by atoms with Gasteiger partial charge in [0.15, 0.2) is 0 Å². The van der Waals surface area contributed by atoms with E-state index < -0.39 is 0 Å². The van der Waals surface area contributed by atoms with Crippen molar-refractivity contribution in [1.29, 1.82) is 0 Å². The summed E-state index contributed by atoms with van der Waals surface area (Å²) in [5.41, 5.74) is 0.823. The smallest absolute Gasteiger partial charge is 0.227 e. The maximum Gasteiger partial charge on any atom is 0.227 e. The molecule has 0 radical (unpaired) electrons. The number of anilines is 1. The van der Waals surface area contributed by atoms with Crippen LogP contribution in [-0.4, -0.2) is 30.8 Å². The summed E-state index contributed by atoms with van der Waals surface area (Å²) in [4.78, 5) is 24.4. The van der Waals surface area contributed by atoms with Gasteiger partial charge in [0.1, 0.15) is 11.6 Å². The van der Waals surface area contributed by atoms with Crippen molar-refractivity contribution in [1.82, 2.24) is 5.32 Å². The SMILES string of the molecule is CC(=O)CC(=O)NC1CCN(c2cccc(F)c2)C1. The van der Waals surface area contributed by atoms with Crippen molar-refractivity contribution in [3.8, 4) is 0 Å². The summed E-state index contributed by atoms with van der Waals surface area (Å²) in [5, 5.41) is 2.83. The molecule has 1 atom stereocenters. The largest absolute Gasteiger partial charge is 0.369 e. The number of carbonyl (C=O) groups excluding carboxylic acids is 2. The summed E-state index contributed by atoms with van der Waals surface area (Å²) in [7, 11) is 0. The average molecular weight is 264 g/mol. The Labute approximate surface area is 111 Å². The molecule has 1 heterocycles. The van der Waals surface area contributed by atoms with Crippen LogP contribution < -0.4 is 10.2 Å². The van der Waals surface area contributed by atoms with E-state index in [-0.39, 0.29) is 30.0 Å². The van der Waals surface area contributed by atoms with Gasteiger partial charge in [-0.3, -0.25) is 9.59 Å². The second-order valence-electron chi connectivity index (χ2n) is 4.86. The van der Waals surface area contributed by atoms with E-state index in [0.717, 1.165) is 18.7 Å². The standard InChI is InChI=1S/C14H17FN2O2/c1-10(18)7-14(19)16-12-5-6-17(9-12)13-4-2-3-11(15)8-13/h2-4,8,12H,5-7,9H2,1H3,(H,16,19). The van der Waals surface area contributed by atoms with E-state index in [1.165, 1.54) is 19.1 Å². The normalized spacial score (nSPS) is 18.4. The predicted octanol–water partition coefficient (Wildman–Crippen LogP) is 1.50. The topological polar surface area (TPSA) is 49.4 Å². The lowest BCUT2D eigenvalue weighted by molar-refractivity contribution is -0.127. The zero-order valence-corrected chi connectivity index (χ0v) is 10.9. The fourth-order valence-corrected chi connectivity index (χ4v) is 2.29. The minimum absolute atomic E-state index is 0.0233. The van der Waals surface area contributed by atoms with Crippen molar-refractivity contribution in [3.05, 3.63) is 30.1 Å². The summed E-state index contributed by atoms with van der Waals surface area (Å²) in [5.74, 6) is -0.641. The molecule has 102 valence electrons. The van der Waals surface area contributed by atoms with Gasteiger partial charge < -0.3 is 10.2 Å². The maximum atomic E-state index is 13.1. The summed E-state index contributed by atoms with van der Waals surface area (Å²) in [6.45, 7) is 2.81. The first-order chi connectivity index (χ1) is 9.04. The van der Waals surface area contributed by atoms with Gasteiger partial charge in [0, 0.05) is 24.8 Å². The third kappa shape index (κ3) is 3.77. The third-order valence-corrected chi connectivity index (χ3v) is 3.14. The highest BCUT2D eigenvalue weighted by Crippen LogP contribution is 2.21. The first-order valence-electron chi connectivity index (χ1n) is 6.34. The van der Waals surface area contributed by atoms with E-state index in [1.807, 2.05) is 11.0 Å². The second-order valence-corrected chi connectivity index (χ2v) is 4.86. The Morgan fingerprint density at radius 2 is 2.26 bits per heavy atom. The highest BCUT2D eigenvalue weighted by molar-refractivity contribution is 5.96. The highest BCUT2D eigenvalue weighted by Gasteiger charge is 2.24. The van der Waals surface area contributed by atoms with Crippen molar-refractivity contribution >= 4 is 17.4 Å². The van der Waals surface area contributed by atoms with E-state index in [1.54, 1.807) is 6.07 Å². The Balaban J connectivity index is 1.89. The number of benzene rings is 1. The number of rotatable bonds is 4. The van der Waals surface area contributed by atoms with E-state index in [9.17, 15) is 14.0 Å². The molecule has 2 rings (SSSR count). The Kier molecular flexibility index (Phi) is 4.14. The van der Waals surface area contributed by atoms with Crippen LogP contribution in [0.2, 0.25) is 0 Å². The monoisotopic (exact) mass is 264 g/mol. The van der Waals surface area contributed by atoms with Crippen LogP contribution in [0.1, 0.15) is 19.8 Å². The summed E-state index contributed by atoms with van der Waals surface area (Å²) >= 11 is 0. The molecule has 0 spiro atoms. The molecule has 1 unspecified atom stereocenters. The van der Waals surface area contributed by atoms with E-state index in [4.69, 9.17) is 0 Å². The molecule has 0 bridgehead atoms. The number of nitrogens with one attached hydrogen (secondary N) is 1. The molecule has 1 amide bonds. The van der Waals surface area contributed by atoms with Crippen LogP contribution in [0.4, 0.5) is 10.1 Å². The van der Waals surface area contributed by atoms with E-state index in [2.05, 4.69) is 5.32 Å². The first-order valence-corrected chi connectivity index (χ1v) is 6.34. The molecule has 19 heavy (non-hydrogen) atoms. The van der Waals surface area contributed by atoms with Crippen LogP contribution >= 0.6 is 0 Å². The Bertz CT molecular complexity index is 490. The Morgan fingerprint density at radius 1 is 1.47 bits per heavy atom. The molecule has 1 fully saturated rings. The van der Waals surface area contributed by atoms with Gasteiger partial charge in [0.2, 0.25) is 5.91 Å². The van der Waals surface area contributed by atoms with Crippen LogP contribution in [0.15, 0.2) is 24.3 Å². The molecular formula is C14H17FN2O2. The fraction of sp³-hybridized carbons (Fsp3) is 0.429. The van der Waals surface area contributed by atoms with Gasteiger partial charge in [-0.1, -0.05) is 6.07 Å². The molecule has 1 saturated heterocycles. The lowest BCUT2D eigenvalue weighted by atomic mass is 10.2. The first kappa shape index (κ1) is 13.5. The Hall–Kier alpha value is -1.91. The van der Waals surface area contributed by atoms with Crippen molar-refractivity contribution in [2.24, 2.45) is 0 Å². The van der Waals surface area contributed by atoms with Crippen LogP contribution in [0.3, 0.4) is 0 Å². The third-order valence-electron chi connectivity index (χ3n) is 3.14. The predicted molar refractivity (Wildman–Crippen MR) is 70.5 cm³/mol. The number of halogens is 1. The number of nitrogens with zero attached hydrogens (tertiary/aromatic N) is 1.